The largest absolute Gasteiger partial charge is 0.495 e. The zero-order valence-electron chi connectivity index (χ0n) is 13.9. The third kappa shape index (κ3) is 3.96. The number of methoxy groups -OCH3 is 1. The molecule has 0 aliphatic carbocycles. The second-order valence-corrected chi connectivity index (χ2v) is 6.09. The zero-order valence-corrected chi connectivity index (χ0v) is 14.7. The number of rotatable bonds is 3. The second kappa shape index (κ2) is 7.68. The monoisotopic (exact) mass is 338 g/mol. The Morgan fingerprint density at radius 3 is 2.48 bits per heavy atom. The van der Waals surface area contributed by atoms with Crippen LogP contribution >= 0.6 is 11.6 Å². The highest BCUT2D eigenvalue weighted by atomic mass is 35.5. The van der Waals surface area contributed by atoms with Gasteiger partial charge in [0.15, 0.2) is 0 Å². The molecule has 0 spiro atoms. The number of amides is 2. The van der Waals surface area contributed by atoms with Gasteiger partial charge in [-0.05, 0) is 31.0 Å². The van der Waals surface area contributed by atoms with Gasteiger partial charge in [-0.3, -0.25) is 9.59 Å². The lowest BCUT2D eigenvalue weighted by atomic mass is 10.1. The molecule has 6 heteroatoms. The molecule has 1 aliphatic rings. The Labute approximate surface area is 142 Å². The van der Waals surface area contributed by atoms with Crippen LogP contribution in [0.15, 0.2) is 12.1 Å². The molecule has 0 radical (unpaired) electrons. The molecule has 0 N–H and O–H groups in total. The average Bonchev–Trinajstić information content (AvgIpc) is 2.81. The fourth-order valence-corrected chi connectivity index (χ4v) is 3.05. The van der Waals surface area contributed by atoms with Crippen molar-refractivity contribution in [1.29, 1.82) is 0 Å². The Bertz CT molecular complexity index is 604. The van der Waals surface area contributed by atoms with Crippen LogP contribution in [0.1, 0.15) is 35.7 Å². The minimum atomic E-state index is -0.0437. The van der Waals surface area contributed by atoms with Gasteiger partial charge < -0.3 is 14.5 Å². The van der Waals surface area contributed by atoms with E-state index in [4.69, 9.17) is 16.3 Å². The minimum Gasteiger partial charge on any atom is -0.495 e. The van der Waals surface area contributed by atoms with E-state index in [2.05, 4.69) is 0 Å². The van der Waals surface area contributed by atoms with Gasteiger partial charge in [0.2, 0.25) is 5.91 Å². The molecule has 126 valence electrons. The molecule has 1 fully saturated rings. The zero-order chi connectivity index (χ0) is 17.0. The van der Waals surface area contributed by atoms with Gasteiger partial charge in [0.1, 0.15) is 5.75 Å². The molecule has 1 aliphatic heterocycles. The van der Waals surface area contributed by atoms with Crippen LogP contribution < -0.4 is 4.74 Å². The van der Waals surface area contributed by atoms with E-state index in [0.29, 0.717) is 48.9 Å². The number of halogens is 1. The molecule has 0 unspecified atom stereocenters. The summed E-state index contributed by atoms with van der Waals surface area (Å²) in [5, 5.41) is 0.430. The summed E-state index contributed by atoms with van der Waals surface area (Å²) in [6.45, 7) is 6.22. The first kappa shape index (κ1) is 17.6. The van der Waals surface area contributed by atoms with Crippen LogP contribution in [-0.4, -0.2) is 54.9 Å². The van der Waals surface area contributed by atoms with E-state index in [1.807, 2.05) is 18.7 Å². The first-order valence-corrected chi connectivity index (χ1v) is 8.27. The number of benzene rings is 1. The number of hydrogen-bond acceptors (Lipinski definition) is 3. The van der Waals surface area contributed by atoms with Gasteiger partial charge >= 0.3 is 0 Å². The summed E-state index contributed by atoms with van der Waals surface area (Å²) in [5.74, 6) is 0.664. The summed E-state index contributed by atoms with van der Waals surface area (Å²) >= 11 is 6.15. The number of hydrogen-bond donors (Lipinski definition) is 0. The number of ether oxygens (including phenoxy) is 1. The third-order valence-electron chi connectivity index (χ3n) is 4.17. The summed E-state index contributed by atoms with van der Waals surface area (Å²) in [7, 11) is 1.55. The average molecular weight is 339 g/mol. The lowest BCUT2D eigenvalue weighted by molar-refractivity contribution is -0.130. The smallest absolute Gasteiger partial charge is 0.254 e. The van der Waals surface area contributed by atoms with Crippen LogP contribution in [0.25, 0.3) is 0 Å². The minimum absolute atomic E-state index is 0.0437. The molecule has 1 saturated heterocycles. The molecule has 0 saturated carbocycles. The number of aryl methyl sites for hydroxylation is 1. The quantitative estimate of drug-likeness (QED) is 0.851. The Balaban J connectivity index is 2.15. The van der Waals surface area contributed by atoms with E-state index in [1.165, 1.54) is 0 Å². The molecule has 2 amide bonds. The van der Waals surface area contributed by atoms with Crippen molar-refractivity contribution < 1.29 is 14.3 Å². The first-order valence-electron chi connectivity index (χ1n) is 7.89. The number of carbonyl (C=O) groups is 2. The van der Waals surface area contributed by atoms with E-state index < -0.39 is 0 Å². The van der Waals surface area contributed by atoms with Crippen molar-refractivity contribution >= 4 is 23.4 Å². The lowest BCUT2D eigenvalue weighted by Gasteiger charge is -2.23. The highest BCUT2D eigenvalue weighted by Gasteiger charge is 2.23. The molecule has 0 atom stereocenters. The SMILES string of the molecule is CCC(=O)N1CCCN(C(=O)c2cc(Cl)c(OC)cc2C)CC1. The maximum Gasteiger partial charge on any atom is 0.254 e. The molecular formula is C17H23ClN2O3. The van der Waals surface area contributed by atoms with Gasteiger partial charge in [-0.2, -0.15) is 0 Å². The van der Waals surface area contributed by atoms with Crippen molar-refractivity contribution in [1.82, 2.24) is 9.80 Å². The molecule has 0 aromatic heterocycles. The van der Waals surface area contributed by atoms with Gasteiger partial charge in [-0.1, -0.05) is 18.5 Å². The van der Waals surface area contributed by atoms with Crippen LogP contribution in [0.2, 0.25) is 5.02 Å². The predicted octanol–water partition coefficient (Wildman–Crippen LogP) is 2.74. The fourth-order valence-electron chi connectivity index (χ4n) is 2.81. The molecule has 1 aromatic carbocycles. The third-order valence-corrected chi connectivity index (χ3v) is 4.46. The van der Waals surface area contributed by atoms with Crippen molar-refractivity contribution in [2.75, 3.05) is 33.3 Å². The Morgan fingerprint density at radius 1 is 1.17 bits per heavy atom. The van der Waals surface area contributed by atoms with Crippen molar-refractivity contribution in [3.63, 3.8) is 0 Å². The van der Waals surface area contributed by atoms with Gasteiger partial charge in [-0.15, -0.1) is 0 Å². The van der Waals surface area contributed by atoms with Crippen molar-refractivity contribution in [2.24, 2.45) is 0 Å². The van der Waals surface area contributed by atoms with E-state index in [1.54, 1.807) is 24.1 Å². The van der Waals surface area contributed by atoms with E-state index in [0.717, 1.165) is 12.0 Å². The Kier molecular flexibility index (Phi) is 5.88. The van der Waals surface area contributed by atoms with Crippen LogP contribution in [0.3, 0.4) is 0 Å². The topological polar surface area (TPSA) is 49.9 Å². The highest BCUT2D eigenvalue weighted by molar-refractivity contribution is 6.32. The standard InChI is InChI=1S/C17H23ClN2O3/c1-4-16(21)19-6-5-7-20(9-8-19)17(22)13-11-14(18)15(23-3)10-12(13)2/h10-11H,4-9H2,1-3H3. The van der Waals surface area contributed by atoms with Gasteiger partial charge in [0, 0.05) is 38.2 Å². The van der Waals surface area contributed by atoms with Crippen molar-refractivity contribution in [3.8, 4) is 5.75 Å². The van der Waals surface area contributed by atoms with E-state index >= 15 is 0 Å². The molecule has 1 aromatic rings. The second-order valence-electron chi connectivity index (χ2n) is 5.68. The van der Waals surface area contributed by atoms with Crippen LogP contribution in [0, 0.1) is 6.92 Å². The summed E-state index contributed by atoms with van der Waals surface area (Å²) < 4.78 is 5.18. The fraction of sp³-hybridized carbons (Fsp3) is 0.529. The predicted molar refractivity (Wildman–Crippen MR) is 90.1 cm³/mol. The summed E-state index contributed by atoms with van der Waals surface area (Å²) in [6, 6.07) is 3.44. The van der Waals surface area contributed by atoms with Gasteiger partial charge in [0.25, 0.3) is 5.91 Å². The highest BCUT2D eigenvalue weighted by Crippen LogP contribution is 2.28. The Hall–Kier alpha value is -1.75. The number of carbonyl (C=O) groups excluding carboxylic acids is 2. The van der Waals surface area contributed by atoms with E-state index in [9.17, 15) is 9.59 Å². The normalized spacial score (nSPS) is 15.3. The van der Waals surface area contributed by atoms with Crippen LogP contribution in [0.5, 0.6) is 5.75 Å². The maximum absolute atomic E-state index is 12.8. The van der Waals surface area contributed by atoms with Crippen molar-refractivity contribution in [3.05, 3.63) is 28.3 Å². The molecular weight excluding hydrogens is 316 g/mol. The van der Waals surface area contributed by atoms with E-state index in [-0.39, 0.29) is 11.8 Å². The maximum atomic E-state index is 12.8. The van der Waals surface area contributed by atoms with Crippen LogP contribution in [-0.2, 0) is 4.79 Å². The molecule has 2 rings (SSSR count). The summed E-state index contributed by atoms with van der Waals surface area (Å²) in [4.78, 5) is 28.3. The number of nitrogens with zero attached hydrogens (tertiary/aromatic N) is 2. The van der Waals surface area contributed by atoms with Gasteiger partial charge in [0.05, 0.1) is 12.1 Å². The van der Waals surface area contributed by atoms with Crippen molar-refractivity contribution in [2.45, 2.75) is 26.7 Å². The molecule has 23 heavy (non-hydrogen) atoms. The van der Waals surface area contributed by atoms with Crippen LogP contribution in [0.4, 0.5) is 0 Å². The molecule has 0 bridgehead atoms. The molecule has 1 heterocycles. The summed E-state index contributed by atoms with van der Waals surface area (Å²) in [6.07, 6.45) is 1.29. The first-order chi connectivity index (χ1) is 11.0. The van der Waals surface area contributed by atoms with Gasteiger partial charge in [-0.25, -0.2) is 0 Å². The molecule has 5 nitrogen and oxygen atoms in total. The Morgan fingerprint density at radius 2 is 1.83 bits per heavy atom. The summed E-state index contributed by atoms with van der Waals surface area (Å²) in [5.41, 5.74) is 1.42. The lowest BCUT2D eigenvalue weighted by Crippen LogP contribution is -2.37.